The van der Waals surface area contributed by atoms with Gasteiger partial charge in [-0.15, -0.1) is 0 Å². The van der Waals surface area contributed by atoms with Gasteiger partial charge in [0.25, 0.3) is 0 Å². The molecule has 1 aromatic carbocycles. The molecule has 0 amide bonds. The van der Waals surface area contributed by atoms with Crippen LogP contribution in [0.1, 0.15) is 31.2 Å². The van der Waals surface area contributed by atoms with Gasteiger partial charge in [0.15, 0.2) is 0 Å². The summed E-state index contributed by atoms with van der Waals surface area (Å²) in [4.78, 5) is 0. The van der Waals surface area contributed by atoms with E-state index in [0.29, 0.717) is 0 Å². The van der Waals surface area contributed by atoms with Crippen LogP contribution in [0.4, 0.5) is 0 Å². The highest BCUT2D eigenvalue weighted by molar-refractivity contribution is 5.14. The molecule has 2 fully saturated rings. The summed E-state index contributed by atoms with van der Waals surface area (Å²) in [5, 5.41) is 3.73. The molecule has 2 saturated carbocycles. The standard InChI is InChI=1S/C14H19N/c1-2-4-11(5-3-1)10-15-14-9-12-6-7-13(14)8-12/h1-5,12-15H,6-10H2/t12-,13-,14+/m0/s1. The third-order valence-electron chi connectivity index (χ3n) is 4.15. The molecule has 0 aliphatic heterocycles. The Labute approximate surface area is 91.9 Å². The lowest BCUT2D eigenvalue weighted by Crippen LogP contribution is -2.33. The highest BCUT2D eigenvalue weighted by atomic mass is 14.9. The third kappa shape index (κ3) is 1.93. The van der Waals surface area contributed by atoms with Gasteiger partial charge in [0.2, 0.25) is 0 Å². The van der Waals surface area contributed by atoms with Crippen molar-refractivity contribution in [2.45, 2.75) is 38.3 Å². The van der Waals surface area contributed by atoms with Gasteiger partial charge < -0.3 is 5.32 Å². The van der Waals surface area contributed by atoms with Crippen molar-refractivity contribution in [3.63, 3.8) is 0 Å². The van der Waals surface area contributed by atoms with Gasteiger partial charge in [-0.2, -0.15) is 0 Å². The molecule has 80 valence electrons. The van der Waals surface area contributed by atoms with Crippen molar-refractivity contribution in [3.05, 3.63) is 35.9 Å². The van der Waals surface area contributed by atoms with Crippen LogP contribution < -0.4 is 5.32 Å². The fourth-order valence-corrected chi connectivity index (χ4v) is 3.34. The minimum Gasteiger partial charge on any atom is -0.310 e. The van der Waals surface area contributed by atoms with E-state index in [9.17, 15) is 0 Å². The molecule has 1 heteroatoms. The Balaban J connectivity index is 1.55. The van der Waals surface area contributed by atoms with Crippen molar-refractivity contribution in [1.29, 1.82) is 0 Å². The van der Waals surface area contributed by atoms with Gasteiger partial charge in [-0.25, -0.2) is 0 Å². The van der Waals surface area contributed by atoms with Gasteiger partial charge in [0.1, 0.15) is 0 Å². The first-order chi connectivity index (χ1) is 7.42. The smallest absolute Gasteiger partial charge is 0.0208 e. The maximum absolute atomic E-state index is 3.73. The van der Waals surface area contributed by atoms with E-state index in [-0.39, 0.29) is 0 Å². The summed E-state index contributed by atoms with van der Waals surface area (Å²) in [5.74, 6) is 2.03. The van der Waals surface area contributed by atoms with Crippen molar-refractivity contribution >= 4 is 0 Å². The first-order valence-electron chi connectivity index (χ1n) is 6.19. The lowest BCUT2D eigenvalue weighted by atomic mass is 9.95. The Morgan fingerprint density at radius 3 is 2.60 bits per heavy atom. The second-order valence-electron chi connectivity index (χ2n) is 5.15. The summed E-state index contributed by atoms with van der Waals surface area (Å²) >= 11 is 0. The van der Waals surface area contributed by atoms with Gasteiger partial charge in [-0.05, 0) is 36.7 Å². The average Bonchev–Trinajstić information content (AvgIpc) is 2.89. The van der Waals surface area contributed by atoms with Crippen LogP contribution in [-0.4, -0.2) is 6.04 Å². The van der Waals surface area contributed by atoms with Crippen molar-refractivity contribution in [2.24, 2.45) is 11.8 Å². The molecule has 1 aromatic rings. The Morgan fingerprint density at radius 1 is 1.07 bits per heavy atom. The Bertz CT molecular complexity index is 319. The summed E-state index contributed by atoms with van der Waals surface area (Å²) in [6.07, 6.45) is 5.88. The molecule has 15 heavy (non-hydrogen) atoms. The highest BCUT2D eigenvalue weighted by Gasteiger charge is 2.38. The maximum Gasteiger partial charge on any atom is 0.0208 e. The predicted molar refractivity (Wildman–Crippen MR) is 62.5 cm³/mol. The van der Waals surface area contributed by atoms with E-state index < -0.39 is 0 Å². The lowest BCUT2D eigenvalue weighted by molar-refractivity contribution is 0.351. The van der Waals surface area contributed by atoms with Crippen molar-refractivity contribution in [3.8, 4) is 0 Å². The monoisotopic (exact) mass is 201 g/mol. The highest BCUT2D eigenvalue weighted by Crippen LogP contribution is 2.44. The Hall–Kier alpha value is -0.820. The van der Waals surface area contributed by atoms with Gasteiger partial charge in [0, 0.05) is 12.6 Å². The molecule has 0 unspecified atom stereocenters. The van der Waals surface area contributed by atoms with Crippen molar-refractivity contribution < 1.29 is 0 Å². The van der Waals surface area contributed by atoms with Crippen LogP contribution in [0.3, 0.4) is 0 Å². The molecule has 0 heterocycles. The zero-order valence-corrected chi connectivity index (χ0v) is 9.15. The maximum atomic E-state index is 3.73. The average molecular weight is 201 g/mol. The second-order valence-corrected chi connectivity index (χ2v) is 5.15. The van der Waals surface area contributed by atoms with Crippen molar-refractivity contribution in [1.82, 2.24) is 5.32 Å². The minimum absolute atomic E-state index is 0.809. The minimum atomic E-state index is 0.809. The topological polar surface area (TPSA) is 12.0 Å². The van der Waals surface area contributed by atoms with Crippen LogP contribution in [0.25, 0.3) is 0 Å². The van der Waals surface area contributed by atoms with Crippen LogP contribution in [0.2, 0.25) is 0 Å². The summed E-state index contributed by atoms with van der Waals surface area (Å²) in [6, 6.07) is 11.6. The Kier molecular flexibility index (Phi) is 2.49. The molecule has 0 spiro atoms. The zero-order valence-electron chi connectivity index (χ0n) is 9.15. The number of rotatable bonds is 3. The summed E-state index contributed by atoms with van der Waals surface area (Å²) in [6.45, 7) is 1.05. The van der Waals surface area contributed by atoms with Gasteiger partial charge in [-0.1, -0.05) is 36.8 Å². The molecular weight excluding hydrogens is 182 g/mol. The van der Waals surface area contributed by atoms with Crippen LogP contribution in [-0.2, 0) is 6.54 Å². The molecule has 1 N–H and O–H groups in total. The molecule has 3 atom stereocenters. The van der Waals surface area contributed by atoms with E-state index in [1.165, 1.54) is 31.2 Å². The first-order valence-corrected chi connectivity index (χ1v) is 6.19. The first kappa shape index (κ1) is 9.41. The zero-order chi connectivity index (χ0) is 10.1. The quantitative estimate of drug-likeness (QED) is 0.792. The number of fused-ring (bicyclic) bond motifs is 2. The van der Waals surface area contributed by atoms with Crippen LogP contribution >= 0.6 is 0 Å². The fraction of sp³-hybridized carbons (Fsp3) is 0.571. The number of hydrogen-bond acceptors (Lipinski definition) is 1. The molecule has 2 aliphatic carbocycles. The van der Waals surface area contributed by atoms with Gasteiger partial charge >= 0.3 is 0 Å². The largest absolute Gasteiger partial charge is 0.310 e. The molecule has 2 bridgehead atoms. The summed E-state index contributed by atoms with van der Waals surface area (Å²) in [5.41, 5.74) is 1.42. The van der Waals surface area contributed by atoms with Gasteiger partial charge in [0.05, 0.1) is 0 Å². The van der Waals surface area contributed by atoms with E-state index in [1.54, 1.807) is 0 Å². The van der Waals surface area contributed by atoms with Gasteiger partial charge in [-0.3, -0.25) is 0 Å². The Morgan fingerprint density at radius 2 is 1.93 bits per heavy atom. The van der Waals surface area contributed by atoms with E-state index in [2.05, 4.69) is 35.6 Å². The summed E-state index contributed by atoms with van der Waals surface area (Å²) in [7, 11) is 0. The van der Waals surface area contributed by atoms with E-state index in [0.717, 1.165) is 24.4 Å². The number of nitrogens with one attached hydrogen (secondary N) is 1. The number of hydrogen-bond donors (Lipinski definition) is 1. The summed E-state index contributed by atoms with van der Waals surface area (Å²) < 4.78 is 0. The van der Waals surface area contributed by atoms with Crippen LogP contribution in [0.5, 0.6) is 0 Å². The SMILES string of the molecule is c1ccc(CN[C@@H]2C[C@H]3CC[C@H]2C3)cc1. The second kappa shape index (κ2) is 3.97. The fourth-order valence-electron chi connectivity index (χ4n) is 3.34. The molecule has 1 nitrogen and oxygen atoms in total. The molecular formula is C14H19N. The molecule has 3 rings (SSSR count). The molecule has 2 aliphatic rings. The molecule has 0 saturated heterocycles. The van der Waals surface area contributed by atoms with E-state index in [1.807, 2.05) is 0 Å². The molecule has 0 radical (unpaired) electrons. The third-order valence-corrected chi connectivity index (χ3v) is 4.15. The molecule has 0 aromatic heterocycles. The van der Waals surface area contributed by atoms with Crippen LogP contribution in [0, 0.1) is 11.8 Å². The van der Waals surface area contributed by atoms with E-state index in [4.69, 9.17) is 0 Å². The van der Waals surface area contributed by atoms with E-state index >= 15 is 0 Å². The number of benzene rings is 1. The normalized spacial score (nSPS) is 33.5. The van der Waals surface area contributed by atoms with Crippen LogP contribution in [0.15, 0.2) is 30.3 Å². The lowest BCUT2D eigenvalue weighted by Gasteiger charge is -2.22. The van der Waals surface area contributed by atoms with Crippen molar-refractivity contribution in [2.75, 3.05) is 0 Å². The predicted octanol–water partition coefficient (Wildman–Crippen LogP) is 2.96.